The normalized spacial score (nSPS) is 10.4. The lowest BCUT2D eigenvalue weighted by atomic mass is 10.3. The van der Waals surface area contributed by atoms with Crippen LogP contribution in [0.1, 0.15) is 11.4 Å². The smallest absolute Gasteiger partial charge is 0.179 e. The third-order valence-corrected chi connectivity index (χ3v) is 2.68. The number of rotatable bonds is 2. The number of nitrogens with zero attached hydrogens (tertiary/aromatic N) is 3. The topological polar surface area (TPSA) is 58.9 Å². The molecular weight excluding hydrogens is 270 g/mol. The summed E-state index contributed by atoms with van der Waals surface area (Å²) < 4.78 is 0.837. The van der Waals surface area contributed by atoms with Gasteiger partial charge in [-0.25, -0.2) is 9.97 Å². The Morgan fingerprint density at radius 1 is 1.38 bits per heavy atom. The van der Waals surface area contributed by atoms with Crippen molar-refractivity contribution in [1.29, 1.82) is 0 Å². The predicted molar refractivity (Wildman–Crippen MR) is 63.6 cm³/mol. The number of pyridine rings is 1. The van der Waals surface area contributed by atoms with Gasteiger partial charge in [-0.15, -0.1) is 0 Å². The first-order chi connectivity index (χ1) is 7.70. The SMILES string of the molecule is Cc1cc(CO)nc(-c2ncccc2Br)n1. The van der Waals surface area contributed by atoms with E-state index in [2.05, 4.69) is 30.9 Å². The minimum Gasteiger partial charge on any atom is -0.390 e. The van der Waals surface area contributed by atoms with Gasteiger partial charge in [0.2, 0.25) is 0 Å². The molecule has 16 heavy (non-hydrogen) atoms. The molecule has 0 radical (unpaired) electrons. The molecule has 2 aromatic heterocycles. The van der Waals surface area contributed by atoms with Gasteiger partial charge in [-0.3, -0.25) is 4.98 Å². The van der Waals surface area contributed by atoms with Crippen molar-refractivity contribution in [3.05, 3.63) is 40.3 Å². The van der Waals surface area contributed by atoms with E-state index in [1.165, 1.54) is 0 Å². The van der Waals surface area contributed by atoms with Crippen LogP contribution in [0.15, 0.2) is 28.9 Å². The molecule has 2 rings (SSSR count). The summed E-state index contributed by atoms with van der Waals surface area (Å²) >= 11 is 3.40. The highest BCUT2D eigenvalue weighted by molar-refractivity contribution is 9.10. The van der Waals surface area contributed by atoms with Crippen molar-refractivity contribution < 1.29 is 5.11 Å². The van der Waals surface area contributed by atoms with Gasteiger partial charge in [0, 0.05) is 16.4 Å². The fraction of sp³-hybridized carbons (Fsp3) is 0.182. The molecule has 5 heteroatoms. The van der Waals surface area contributed by atoms with E-state index in [9.17, 15) is 0 Å². The number of aromatic nitrogens is 3. The summed E-state index contributed by atoms with van der Waals surface area (Å²) in [5.74, 6) is 0.525. The van der Waals surface area contributed by atoms with Crippen LogP contribution >= 0.6 is 15.9 Å². The Morgan fingerprint density at radius 3 is 2.88 bits per heavy atom. The lowest BCUT2D eigenvalue weighted by Gasteiger charge is -2.04. The van der Waals surface area contributed by atoms with Crippen LogP contribution in [-0.4, -0.2) is 20.1 Å². The zero-order valence-electron chi connectivity index (χ0n) is 8.68. The van der Waals surface area contributed by atoms with E-state index in [-0.39, 0.29) is 6.61 Å². The maximum Gasteiger partial charge on any atom is 0.179 e. The highest BCUT2D eigenvalue weighted by Crippen LogP contribution is 2.22. The molecule has 1 N–H and O–H groups in total. The Morgan fingerprint density at radius 2 is 2.19 bits per heavy atom. The van der Waals surface area contributed by atoms with Crippen LogP contribution in [0.3, 0.4) is 0 Å². The molecule has 0 aliphatic heterocycles. The molecular formula is C11H10BrN3O. The maximum absolute atomic E-state index is 9.08. The zero-order valence-corrected chi connectivity index (χ0v) is 10.3. The Labute approximate surface area is 102 Å². The maximum atomic E-state index is 9.08. The zero-order chi connectivity index (χ0) is 11.5. The summed E-state index contributed by atoms with van der Waals surface area (Å²) in [7, 11) is 0. The van der Waals surface area contributed by atoms with E-state index in [4.69, 9.17) is 5.11 Å². The molecule has 0 unspecified atom stereocenters. The van der Waals surface area contributed by atoms with E-state index >= 15 is 0 Å². The van der Waals surface area contributed by atoms with Crippen molar-refractivity contribution in [2.45, 2.75) is 13.5 Å². The van der Waals surface area contributed by atoms with Crippen LogP contribution in [0.4, 0.5) is 0 Å². The van der Waals surface area contributed by atoms with Gasteiger partial charge in [-0.05, 0) is 41.1 Å². The van der Waals surface area contributed by atoms with E-state index in [0.717, 1.165) is 10.2 Å². The second kappa shape index (κ2) is 4.67. The fourth-order valence-electron chi connectivity index (χ4n) is 1.37. The van der Waals surface area contributed by atoms with Gasteiger partial charge < -0.3 is 5.11 Å². The minimum absolute atomic E-state index is 0.0964. The van der Waals surface area contributed by atoms with Gasteiger partial charge in [0.05, 0.1) is 12.3 Å². The Kier molecular flexibility index (Phi) is 3.26. The molecule has 0 aromatic carbocycles. The number of hydrogen-bond acceptors (Lipinski definition) is 4. The summed E-state index contributed by atoms with van der Waals surface area (Å²) in [6.45, 7) is 1.77. The van der Waals surface area contributed by atoms with Crippen LogP contribution in [-0.2, 0) is 6.61 Å². The minimum atomic E-state index is -0.0964. The molecule has 82 valence electrons. The van der Waals surface area contributed by atoms with E-state index in [1.54, 1.807) is 12.3 Å². The third kappa shape index (κ3) is 2.25. The molecule has 0 aliphatic carbocycles. The van der Waals surface area contributed by atoms with Crippen LogP contribution in [0.5, 0.6) is 0 Å². The fourth-order valence-corrected chi connectivity index (χ4v) is 1.80. The van der Waals surface area contributed by atoms with E-state index < -0.39 is 0 Å². The number of halogens is 1. The molecule has 0 atom stereocenters. The summed E-state index contributed by atoms with van der Waals surface area (Å²) in [6, 6.07) is 5.46. The number of aryl methyl sites for hydroxylation is 1. The van der Waals surface area contributed by atoms with Crippen molar-refractivity contribution in [2.24, 2.45) is 0 Å². The van der Waals surface area contributed by atoms with Crippen molar-refractivity contribution in [1.82, 2.24) is 15.0 Å². The lowest BCUT2D eigenvalue weighted by molar-refractivity contribution is 0.276. The number of aliphatic hydroxyl groups excluding tert-OH is 1. The van der Waals surface area contributed by atoms with Crippen LogP contribution < -0.4 is 0 Å². The molecule has 0 saturated carbocycles. The lowest BCUT2D eigenvalue weighted by Crippen LogP contribution is -1.99. The molecule has 0 saturated heterocycles. The first-order valence-corrected chi connectivity index (χ1v) is 5.56. The van der Waals surface area contributed by atoms with Crippen LogP contribution in [0, 0.1) is 6.92 Å². The first-order valence-electron chi connectivity index (χ1n) is 4.77. The number of hydrogen-bond donors (Lipinski definition) is 1. The molecule has 0 bridgehead atoms. The summed E-state index contributed by atoms with van der Waals surface area (Å²) in [5, 5.41) is 9.08. The summed E-state index contributed by atoms with van der Waals surface area (Å²) in [4.78, 5) is 12.7. The molecule has 2 aromatic rings. The first kappa shape index (κ1) is 11.2. The van der Waals surface area contributed by atoms with Crippen molar-refractivity contribution >= 4 is 15.9 Å². The van der Waals surface area contributed by atoms with E-state index in [0.29, 0.717) is 17.2 Å². The Bertz CT molecular complexity index is 516. The highest BCUT2D eigenvalue weighted by Gasteiger charge is 2.08. The second-order valence-corrected chi connectivity index (χ2v) is 4.17. The summed E-state index contributed by atoms with van der Waals surface area (Å²) in [6.07, 6.45) is 1.68. The average molecular weight is 280 g/mol. The quantitative estimate of drug-likeness (QED) is 0.915. The highest BCUT2D eigenvalue weighted by atomic mass is 79.9. The molecule has 2 heterocycles. The summed E-state index contributed by atoms with van der Waals surface area (Å²) in [5.41, 5.74) is 2.09. The van der Waals surface area contributed by atoms with Crippen molar-refractivity contribution in [3.8, 4) is 11.5 Å². The standard InChI is InChI=1S/C11H10BrN3O/c1-7-5-8(6-16)15-11(14-7)10-9(12)3-2-4-13-10/h2-5,16H,6H2,1H3. The Hall–Kier alpha value is -1.33. The van der Waals surface area contributed by atoms with Crippen molar-refractivity contribution in [2.75, 3.05) is 0 Å². The van der Waals surface area contributed by atoms with Gasteiger partial charge in [0.15, 0.2) is 5.82 Å². The van der Waals surface area contributed by atoms with Gasteiger partial charge in [-0.1, -0.05) is 0 Å². The largest absolute Gasteiger partial charge is 0.390 e. The van der Waals surface area contributed by atoms with Gasteiger partial charge >= 0.3 is 0 Å². The van der Waals surface area contributed by atoms with Gasteiger partial charge in [0.1, 0.15) is 5.69 Å². The second-order valence-electron chi connectivity index (χ2n) is 3.32. The van der Waals surface area contributed by atoms with Gasteiger partial charge in [-0.2, -0.15) is 0 Å². The molecule has 0 fully saturated rings. The molecule has 4 nitrogen and oxygen atoms in total. The van der Waals surface area contributed by atoms with E-state index in [1.807, 2.05) is 19.1 Å². The molecule has 0 amide bonds. The number of aliphatic hydroxyl groups is 1. The molecule has 0 spiro atoms. The van der Waals surface area contributed by atoms with Gasteiger partial charge in [0.25, 0.3) is 0 Å². The van der Waals surface area contributed by atoms with Crippen LogP contribution in [0.25, 0.3) is 11.5 Å². The monoisotopic (exact) mass is 279 g/mol. The third-order valence-electron chi connectivity index (χ3n) is 2.04. The Balaban J connectivity index is 2.56. The van der Waals surface area contributed by atoms with Crippen LogP contribution in [0.2, 0.25) is 0 Å². The molecule has 0 aliphatic rings. The average Bonchev–Trinajstić information content (AvgIpc) is 2.28. The van der Waals surface area contributed by atoms with Crippen molar-refractivity contribution in [3.63, 3.8) is 0 Å². The predicted octanol–water partition coefficient (Wildman–Crippen LogP) is 2.10.